The summed E-state index contributed by atoms with van der Waals surface area (Å²) in [6.07, 6.45) is 4.29. The van der Waals surface area contributed by atoms with Gasteiger partial charge in [-0.2, -0.15) is 0 Å². The summed E-state index contributed by atoms with van der Waals surface area (Å²) in [4.78, 5) is 15.2. The maximum atomic E-state index is 12.6. The van der Waals surface area contributed by atoms with Crippen LogP contribution in [0.1, 0.15) is 34.3 Å². The van der Waals surface area contributed by atoms with Gasteiger partial charge in [0, 0.05) is 38.9 Å². The molecule has 1 saturated heterocycles. The van der Waals surface area contributed by atoms with Crippen LogP contribution in [0.5, 0.6) is 11.5 Å². The minimum atomic E-state index is -0.157. The Kier molecular flexibility index (Phi) is 7.10. The summed E-state index contributed by atoms with van der Waals surface area (Å²) in [5.41, 5.74) is 3.52. The molecule has 1 N–H and O–H groups in total. The number of hydrogen-bond acceptors (Lipinski definition) is 5. The van der Waals surface area contributed by atoms with Crippen LogP contribution < -0.4 is 14.8 Å². The smallest absolute Gasteiger partial charge is 0.255 e. The second-order valence-electron chi connectivity index (χ2n) is 8.29. The van der Waals surface area contributed by atoms with Crippen LogP contribution in [0.3, 0.4) is 0 Å². The summed E-state index contributed by atoms with van der Waals surface area (Å²) in [7, 11) is 3.24. The molecule has 6 heteroatoms. The molecule has 0 bridgehead atoms. The van der Waals surface area contributed by atoms with E-state index in [9.17, 15) is 4.79 Å². The Bertz CT molecular complexity index is 868. The number of methoxy groups -OCH3 is 2. The standard InChI is InChI=1S/C25H32N2O4/c1-29-14-11-26-25(28)23-8-7-22(30-2)17-24(23)31-21-9-12-27(13-10-21)20-15-18-5-3-4-6-19(18)16-20/h3-8,17,20-21H,9-16H2,1-2H3,(H,26,28). The number of carbonyl (C=O) groups is 1. The van der Waals surface area contributed by atoms with E-state index < -0.39 is 0 Å². The summed E-state index contributed by atoms with van der Waals surface area (Å²) < 4.78 is 16.7. The molecule has 2 aliphatic rings. The molecule has 0 unspecified atom stereocenters. The van der Waals surface area contributed by atoms with Gasteiger partial charge in [-0.15, -0.1) is 0 Å². The van der Waals surface area contributed by atoms with Gasteiger partial charge in [-0.05, 0) is 48.9 Å². The highest BCUT2D eigenvalue weighted by Crippen LogP contribution is 2.30. The van der Waals surface area contributed by atoms with Gasteiger partial charge >= 0.3 is 0 Å². The Balaban J connectivity index is 1.36. The van der Waals surface area contributed by atoms with Crippen molar-refractivity contribution in [2.45, 2.75) is 37.8 Å². The number of hydrogen-bond donors (Lipinski definition) is 1. The molecule has 4 rings (SSSR count). The lowest BCUT2D eigenvalue weighted by Gasteiger charge is -2.36. The lowest BCUT2D eigenvalue weighted by molar-refractivity contribution is 0.0755. The van der Waals surface area contributed by atoms with E-state index in [4.69, 9.17) is 14.2 Å². The monoisotopic (exact) mass is 424 g/mol. The molecular formula is C25H32N2O4. The predicted molar refractivity (Wildman–Crippen MR) is 120 cm³/mol. The molecule has 6 nitrogen and oxygen atoms in total. The molecule has 1 aliphatic heterocycles. The zero-order valence-electron chi connectivity index (χ0n) is 18.4. The van der Waals surface area contributed by atoms with E-state index in [0.717, 1.165) is 38.8 Å². The summed E-state index contributed by atoms with van der Waals surface area (Å²) in [6.45, 7) is 2.97. The largest absolute Gasteiger partial charge is 0.497 e. The number of nitrogens with zero attached hydrogens (tertiary/aromatic N) is 1. The van der Waals surface area contributed by atoms with Crippen LogP contribution in [0.25, 0.3) is 0 Å². The molecule has 1 heterocycles. The molecule has 31 heavy (non-hydrogen) atoms. The van der Waals surface area contributed by atoms with Gasteiger partial charge in [-0.1, -0.05) is 24.3 Å². The molecule has 2 aromatic carbocycles. The maximum Gasteiger partial charge on any atom is 0.255 e. The average molecular weight is 425 g/mol. The number of nitrogens with one attached hydrogen (secondary N) is 1. The molecular weight excluding hydrogens is 392 g/mol. The van der Waals surface area contributed by atoms with Crippen molar-refractivity contribution in [1.82, 2.24) is 10.2 Å². The number of likely N-dealkylation sites (tertiary alicyclic amines) is 1. The van der Waals surface area contributed by atoms with Crippen LogP contribution in [0.4, 0.5) is 0 Å². The van der Waals surface area contributed by atoms with Gasteiger partial charge in [0.05, 0.1) is 19.3 Å². The fourth-order valence-electron chi connectivity index (χ4n) is 4.61. The van der Waals surface area contributed by atoms with Crippen molar-refractivity contribution >= 4 is 5.91 Å². The summed E-state index contributed by atoms with van der Waals surface area (Å²) in [6, 6.07) is 14.7. The van der Waals surface area contributed by atoms with Crippen molar-refractivity contribution in [3.63, 3.8) is 0 Å². The molecule has 1 fully saturated rings. The summed E-state index contributed by atoms with van der Waals surface area (Å²) in [5, 5.41) is 2.87. The van der Waals surface area contributed by atoms with Crippen molar-refractivity contribution in [1.29, 1.82) is 0 Å². The minimum absolute atomic E-state index is 0.0951. The van der Waals surface area contributed by atoms with Crippen LogP contribution in [-0.2, 0) is 17.6 Å². The Labute approximate surface area is 184 Å². The van der Waals surface area contributed by atoms with Gasteiger partial charge in [0.15, 0.2) is 0 Å². The first kappa shape index (κ1) is 21.7. The SMILES string of the molecule is COCCNC(=O)c1ccc(OC)cc1OC1CCN(C2Cc3ccccc3C2)CC1. The van der Waals surface area contributed by atoms with Gasteiger partial charge in [0.25, 0.3) is 5.91 Å². The van der Waals surface area contributed by atoms with Crippen molar-refractivity contribution in [3.8, 4) is 11.5 Å². The zero-order chi connectivity index (χ0) is 21.6. The fourth-order valence-corrected chi connectivity index (χ4v) is 4.61. The molecule has 0 radical (unpaired) electrons. The first-order valence-electron chi connectivity index (χ1n) is 11.1. The number of amides is 1. The summed E-state index contributed by atoms with van der Waals surface area (Å²) in [5.74, 6) is 1.11. The fraction of sp³-hybridized carbons (Fsp3) is 0.480. The highest BCUT2D eigenvalue weighted by atomic mass is 16.5. The van der Waals surface area contributed by atoms with Crippen molar-refractivity contribution in [3.05, 3.63) is 59.2 Å². The normalized spacial score (nSPS) is 17.4. The van der Waals surface area contributed by atoms with E-state index in [-0.39, 0.29) is 12.0 Å². The Hall–Kier alpha value is -2.57. The zero-order valence-corrected chi connectivity index (χ0v) is 18.4. The van der Waals surface area contributed by atoms with Gasteiger partial charge in [0.1, 0.15) is 17.6 Å². The Morgan fingerprint density at radius 3 is 2.42 bits per heavy atom. The van der Waals surface area contributed by atoms with Crippen molar-refractivity contribution in [2.24, 2.45) is 0 Å². The number of rotatable bonds is 8. The third-order valence-corrected chi connectivity index (χ3v) is 6.34. The third-order valence-electron chi connectivity index (χ3n) is 6.34. The number of benzene rings is 2. The number of carbonyl (C=O) groups excluding carboxylic acids is 1. The molecule has 1 amide bonds. The lowest BCUT2D eigenvalue weighted by Crippen LogP contribution is -2.44. The molecule has 0 atom stereocenters. The van der Waals surface area contributed by atoms with Gasteiger partial charge in [-0.25, -0.2) is 0 Å². The molecule has 2 aromatic rings. The first-order valence-corrected chi connectivity index (χ1v) is 11.1. The van der Waals surface area contributed by atoms with Crippen LogP contribution in [0.15, 0.2) is 42.5 Å². The van der Waals surface area contributed by atoms with Crippen LogP contribution in [-0.4, -0.2) is 63.4 Å². The Morgan fingerprint density at radius 2 is 1.77 bits per heavy atom. The van der Waals surface area contributed by atoms with E-state index in [1.807, 2.05) is 6.07 Å². The quantitative estimate of drug-likeness (QED) is 0.660. The maximum absolute atomic E-state index is 12.6. The molecule has 166 valence electrons. The van der Waals surface area contributed by atoms with Gasteiger partial charge < -0.3 is 19.5 Å². The minimum Gasteiger partial charge on any atom is -0.497 e. The van der Waals surface area contributed by atoms with E-state index in [2.05, 4.69) is 34.5 Å². The molecule has 0 spiro atoms. The van der Waals surface area contributed by atoms with Crippen LogP contribution in [0, 0.1) is 0 Å². The first-order chi connectivity index (χ1) is 15.2. The predicted octanol–water partition coefficient (Wildman–Crippen LogP) is 3.08. The topological polar surface area (TPSA) is 60.0 Å². The average Bonchev–Trinajstić information content (AvgIpc) is 3.24. The number of piperidine rings is 1. The summed E-state index contributed by atoms with van der Waals surface area (Å²) >= 11 is 0. The van der Waals surface area contributed by atoms with Gasteiger partial charge in [-0.3, -0.25) is 9.69 Å². The molecule has 0 saturated carbocycles. The van der Waals surface area contributed by atoms with Crippen LogP contribution in [0.2, 0.25) is 0 Å². The lowest BCUT2D eigenvalue weighted by atomic mass is 10.0. The Morgan fingerprint density at radius 1 is 1.06 bits per heavy atom. The molecule has 0 aromatic heterocycles. The van der Waals surface area contributed by atoms with E-state index >= 15 is 0 Å². The second kappa shape index (κ2) is 10.2. The molecule has 1 aliphatic carbocycles. The van der Waals surface area contributed by atoms with Crippen LogP contribution >= 0.6 is 0 Å². The second-order valence-corrected chi connectivity index (χ2v) is 8.29. The van der Waals surface area contributed by atoms with E-state index in [1.54, 1.807) is 26.4 Å². The number of ether oxygens (including phenoxy) is 3. The highest BCUT2D eigenvalue weighted by Gasteiger charge is 2.30. The highest BCUT2D eigenvalue weighted by molar-refractivity contribution is 5.97. The van der Waals surface area contributed by atoms with Gasteiger partial charge in [0.2, 0.25) is 0 Å². The van der Waals surface area contributed by atoms with E-state index in [0.29, 0.717) is 36.3 Å². The number of fused-ring (bicyclic) bond motifs is 1. The van der Waals surface area contributed by atoms with Crippen molar-refractivity contribution in [2.75, 3.05) is 40.5 Å². The van der Waals surface area contributed by atoms with Crippen molar-refractivity contribution < 1.29 is 19.0 Å². The third kappa shape index (κ3) is 5.20. The van der Waals surface area contributed by atoms with E-state index in [1.165, 1.54) is 11.1 Å².